The molecule has 2 heterocycles. The molecule has 59 heavy (non-hydrogen) atoms. The van der Waals surface area contributed by atoms with Crippen molar-refractivity contribution in [2.45, 2.75) is 5.41 Å². The smallest absolute Gasteiger partial charge is 0.160 e. The third kappa shape index (κ3) is 5.05. The van der Waals surface area contributed by atoms with E-state index in [2.05, 4.69) is 181 Å². The Morgan fingerprint density at radius 2 is 0.966 bits per heavy atom. The molecule has 1 spiro atoms. The van der Waals surface area contributed by atoms with Gasteiger partial charge in [-0.05, 0) is 95.4 Å². The van der Waals surface area contributed by atoms with Gasteiger partial charge in [-0.15, -0.1) is 0 Å². The van der Waals surface area contributed by atoms with Crippen LogP contribution in [0.4, 0.5) is 0 Å². The molecule has 1 atom stereocenters. The molecule has 274 valence electrons. The second kappa shape index (κ2) is 13.2. The number of rotatable bonds is 4. The minimum Gasteiger partial charge on any atom is -0.264 e. The zero-order valence-electron chi connectivity index (χ0n) is 32.0. The van der Waals surface area contributed by atoms with E-state index >= 15 is 0 Å². The molecular formula is C56H35N3. The largest absolute Gasteiger partial charge is 0.264 e. The molecule has 0 saturated carbocycles. The van der Waals surface area contributed by atoms with Crippen molar-refractivity contribution in [3.8, 4) is 56.2 Å². The van der Waals surface area contributed by atoms with E-state index in [-0.39, 0.29) is 0 Å². The van der Waals surface area contributed by atoms with Gasteiger partial charge in [0.2, 0.25) is 0 Å². The summed E-state index contributed by atoms with van der Waals surface area (Å²) in [5.41, 5.74) is 16.5. The summed E-state index contributed by atoms with van der Waals surface area (Å²) >= 11 is 0. The number of nitrogens with zero attached hydrogens (tertiary/aromatic N) is 3. The zero-order valence-corrected chi connectivity index (χ0v) is 32.0. The van der Waals surface area contributed by atoms with E-state index in [1.807, 2.05) is 30.5 Å². The summed E-state index contributed by atoms with van der Waals surface area (Å²) in [6.07, 6.45) is 8.31. The van der Waals surface area contributed by atoms with Crippen molar-refractivity contribution >= 4 is 33.7 Å². The lowest BCUT2D eigenvalue weighted by molar-refractivity contribution is 0.774. The summed E-state index contributed by atoms with van der Waals surface area (Å²) in [5, 5.41) is 5.10. The van der Waals surface area contributed by atoms with Gasteiger partial charge in [0.25, 0.3) is 0 Å². The fourth-order valence-electron chi connectivity index (χ4n) is 9.85. The van der Waals surface area contributed by atoms with Crippen LogP contribution in [0.25, 0.3) is 89.9 Å². The first-order valence-electron chi connectivity index (χ1n) is 20.2. The Morgan fingerprint density at radius 3 is 1.75 bits per heavy atom. The topological polar surface area (TPSA) is 38.7 Å². The number of benzene rings is 8. The van der Waals surface area contributed by atoms with Gasteiger partial charge in [0.05, 0.1) is 16.8 Å². The minimum absolute atomic E-state index is 0.624. The van der Waals surface area contributed by atoms with Crippen LogP contribution >= 0.6 is 0 Å². The quantitative estimate of drug-likeness (QED) is 0.168. The molecular weight excluding hydrogens is 715 g/mol. The van der Waals surface area contributed by atoms with Crippen LogP contribution in [0.15, 0.2) is 200 Å². The SMILES string of the molecule is C1=Cc2ccc(-c3cc(-c4ccc(-c5cccnc5)cc4)nc(-c4ccccc4)n3)cc2C2(c3ccccc31)c1ccccc1-c1c2c2ccccc2c2ccccc12. The van der Waals surface area contributed by atoms with Crippen LogP contribution in [0.5, 0.6) is 0 Å². The van der Waals surface area contributed by atoms with Crippen LogP contribution in [0.3, 0.4) is 0 Å². The molecule has 8 aromatic carbocycles. The standard InChI is InChI=1S/C56H35N3/c1-2-14-40(15-3-1)55-58-51(39-29-24-36(25-30-39)42-16-12-32-57-35-42)34-52(59-55)41-31-28-38-27-26-37-13-4-10-22-48(37)56(50(38)33-41)49-23-11-9-21-47(49)53-45-19-7-5-17-43(45)44-18-6-8-20-46(44)54(53)56/h1-35H. The average Bonchev–Trinajstić information content (AvgIpc) is 3.55. The lowest BCUT2D eigenvalue weighted by atomic mass is 9.64. The van der Waals surface area contributed by atoms with Crippen molar-refractivity contribution in [3.05, 3.63) is 234 Å². The van der Waals surface area contributed by atoms with Crippen LogP contribution in [-0.2, 0) is 5.41 Å². The summed E-state index contributed by atoms with van der Waals surface area (Å²) in [7, 11) is 0. The van der Waals surface area contributed by atoms with Crippen molar-refractivity contribution in [2.24, 2.45) is 0 Å². The zero-order chi connectivity index (χ0) is 38.9. The molecule has 0 amide bonds. The van der Waals surface area contributed by atoms with Crippen molar-refractivity contribution in [1.29, 1.82) is 0 Å². The van der Waals surface area contributed by atoms with Gasteiger partial charge in [-0.3, -0.25) is 4.98 Å². The maximum atomic E-state index is 5.34. The molecule has 3 nitrogen and oxygen atoms in total. The van der Waals surface area contributed by atoms with Crippen molar-refractivity contribution in [2.75, 3.05) is 0 Å². The first-order valence-corrected chi connectivity index (χ1v) is 20.2. The lowest BCUT2D eigenvalue weighted by Gasteiger charge is -2.36. The number of hydrogen-bond donors (Lipinski definition) is 0. The maximum Gasteiger partial charge on any atom is 0.160 e. The highest BCUT2D eigenvalue weighted by atomic mass is 14.9. The first kappa shape index (κ1) is 33.4. The summed E-state index contributed by atoms with van der Waals surface area (Å²) in [5.74, 6) is 0.693. The number of pyridine rings is 1. The predicted octanol–water partition coefficient (Wildman–Crippen LogP) is 13.7. The Kier molecular flexibility index (Phi) is 7.45. The van der Waals surface area contributed by atoms with E-state index in [4.69, 9.17) is 9.97 Å². The predicted molar refractivity (Wildman–Crippen MR) is 243 cm³/mol. The normalized spacial score (nSPS) is 14.8. The Morgan fingerprint density at radius 1 is 0.373 bits per heavy atom. The fraction of sp³-hybridized carbons (Fsp3) is 0.0179. The van der Waals surface area contributed by atoms with Gasteiger partial charge in [-0.1, -0.05) is 182 Å². The highest BCUT2D eigenvalue weighted by molar-refractivity contribution is 6.19. The average molecular weight is 750 g/mol. The van der Waals surface area contributed by atoms with Gasteiger partial charge in [0.15, 0.2) is 5.82 Å². The van der Waals surface area contributed by atoms with Crippen LogP contribution in [0.1, 0.15) is 33.4 Å². The van der Waals surface area contributed by atoms with E-state index in [9.17, 15) is 0 Å². The Balaban J connectivity index is 1.14. The molecule has 1 unspecified atom stereocenters. The molecule has 0 saturated heterocycles. The third-order valence-corrected chi connectivity index (χ3v) is 12.4. The maximum absolute atomic E-state index is 5.34. The second-order valence-electron chi connectivity index (χ2n) is 15.5. The van der Waals surface area contributed by atoms with Crippen LogP contribution in [0, 0.1) is 0 Å². The fourth-order valence-corrected chi connectivity index (χ4v) is 9.85. The Hall–Kier alpha value is -7.75. The summed E-state index contributed by atoms with van der Waals surface area (Å²) in [6, 6.07) is 68.1. The Labute approximate surface area is 342 Å². The van der Waals surface area contributed by atoms with Gasteiger partial charge in [-0.2, -0.15) is 0 Å². The third-order valence-electron chi connectivity index (χ3n) is 12.4. The van der Waals surface area contributed by atoms with Crippen LogP contribution < -0.4 is 0 Å². The molecule has 0 aliphatic heterocycles. The number of aromatic nitrogens is 3. The van der Waals surface area contributed by atoms with E-state index in [0.29, 0.717) is 5.82 Å². The van der Waals surface area contributed by atoms with Crippen molar-refractivity contribution < 1.29 is 0 Å². The molecule has 0 radical (unpaired) electrons. The van der Waals surface area contributed by atoms with Gasteiger partial charge >= 0.3 is 0 Å². The summed E-state index contributed by atoms with van der Waals surface area (Å²) in [4.78, 5) is 14.9. The van der Waals surface area contributed by atoms with Gasteiger partial charge in [-0.25, -0.2) is 9.97 Å². The van der Waals surface area contributed by atoms with E-state index in [1.165, 1.54) is 66.1 Å². The molecule has 0 fully saturated rings. The Bertz CT molecular complexity index is 3310. The van der Waals surface area contributed by atoms with Crippen LogP contribution in [0.2, 0.25) is 0 Å². The molecule has 2 aliphatic carbocycles. The number of fused-ring (bicyclic) bond motifs is 14. The molecule has 12 rings (SSSR count). The molecule has 2 aromatic heterocycles. The number of hydrogen-bond acceptors (Lipinski definition) is 3. The monoisotopic (exact) mass is 749 g/mol. The molecule has 3 heteroatoms. The van der Waals surface area contributed by atoms with E-state index in [1.54, 1.807) is 6.20 Å². The van der Waals surface area contributed by atoms with E-state index < -0.39 is 5.41 Å². The van der Waals surface area contributed by atoms with Gasteiger partial charge in [0, 0.05) is 29.1 Å². The highest BCUT2D eigenvalue weighted by Crippen LogP contribution is 2.62. The summed E-state index contributed by atoms with van der Waals surface area (Å²) < 4.78 is 0. The minimum atomic E-state index is -0.624. The molecule has 2 aliphatic rings. The van der Waals surface area contributed by atoms with Crippen molar-refractivity contribution in [3.63, 3.8) is 0 Å². The van der Waals surface area contributed by atoms with Gasteiger partial charge in [0.1, 0.15) is 0 Å². The lowest BCUT2D eigenvalue weighted by Crippen LogP contribution is -2.30. The molecule has 0 bridgehead atoms. The molecule has 0 N–H and O–H groups in total. The molecule has 10 aromatic rings. The van der Waals surface area contributed by atoms with Crippen molar-refractivity contribution in [1.82, 2.24) is 15.0 Å². The summed E-state index contributed by atoms with van der Waals surface area (Å²) in [6.45, 7) is 0. The van der Waals surface area contributed by atoms with Crippen LogP contribution in [-0.4, -0.2) is 15.0 Å². The van der Waals surface area contributed by atoms with Gasteiger partial charge < -0.3 is 0 Å². The highest BCUT2D eigenvalue weighted by Gasteiger charge is 2.50. The second-order valence-corrected chi connectivity index (χ2v) is 15.5. The van der Waals surface area contributed by atoms with E-state index in [0.717, 1.165) is 39.2 Å². The first-order chi connectivity index (χ1) is 29.3.